The summed E-state index contributed by atoms with van der Waals surface area (Å²) in [6.07, 6.45) is 3.75. The number of phenols is 1. The number of hydrogen-bond acceptors (Lipinski definition) is 7. The summed E-state index contributed by atoms with van der Waals surface area (Å²) >= 11 is 0. The van der Waals surface area contributed by atoms with E-state index in [0.29, 0.717) is 28.9 Å². The number of hydroxylamine groups is 2. The zero-order chi connectivity index (χ0) is 30.7. The highest BCUT2D eigenvalue weighted by Crippen LogP contribution is 2.63. The van der Waals surface area contributed by atoms with Crippen molar-refractivity contribution in [1.82, 2.24) is 5.06 Å². The lowest BCUT2D eigenvalue weighted by atomic mass is 9.44. The van der Waals surface area contributed by atoms with Gasteiger partial charge in [0, 0.05) is 17.4 Å². The predicted molar refractivity (Wildman–Crippen MR) is 159 cm³/mol. The van der Waals surface area contributed by atoms with Crippen LogP contribution in [-0.4, -0.2) is 45.4 Å². The minimum Gasteiger partial charge on any atom is -0.504 e. The van der Waals surface area contributed by atoms with Gasteiger partial charge in [0.1, 0.15) is 0 Å². The molecule has 1 saturated carbocycles. The largest absolute Gasteiger partial charge is 0.504 e. The molecule has 8 nitrogen and oxygen atoms in total. The van der Waals surface area contributed by atoms with Crippen molar-refractivity contribution in [3.63, 3.8) is 0 Å². The van der Waals surface area contributed by atoms with Crippen LogP contribution >= 0.6 is 0 Å². The maximum atomic E-state index is 14.9. The molecule has 2 fully saturated rings. The molecule has 8 heteroatoms. The highest BCUT2D eigenvalue weighted by molar-refractivity contribution is 6.31. The van der Waals surface area contributed by atoms with Crippen LogP contribution in [0.2, 0.25) is 0 Å². The minimum atomic E-state index is -1.38. The van der Waals surface area contributed by atoms with Crippen LogP contribution in [0.15, 0.2) is 96.6 Å². The summed E-state index contributed by atoms with van der Waals surface area (Å²) in [5.41, 5.74) is 1.64. The third-order valence-electron chi connectivity index (χ3n) is 9.97. The molecule has 4 aliphatic rings. The number of phenolic OH excluding ortho intramolecular Hbond substituents is 1. The Balaban J connectivity index is 1.53. The average molecular weight is 590 g/mol. The van der Waals surface area contributed by atoms with Crippen molar-refractivity contribution in [1.29, 1.82) is 0 Å². The number of imide groups is 1. The molecule has 1 heterocycles. The topological polar surface area (TPSA) is 121 Å². The van der Waals surface area contributed by atoms with Crippen LogP contribution in [0.3, 0.4) is 0 Å². The normalized spacial score (nSPS) is 29.4. The molecule has 6 atom stereocenters. The first kappa shape index (κ1) is 28.0. The van der Waals surface area contributed by atoms with Crippen LogP contribution in [0.25, 0.3) is 5.57 Å². The monoisotopic (exact) mass is 589 g/mol. The Hall–Kier alpha value is -4.82. The second-order valence-electron chi connectivity index (χ2n) is 11.9. The molecular weight excluding hydrogens is 558 g/mol. The first-order chi connectivity index (χ1) is 21.3. The van der Waals surface area contributed by atoms with Gasteiger partial charge in [-0.15, -0.1) is 0 Å². The number of nitrogens with zero attached hydrogens (tertiary/aromatic N) is 1. The lowest BCUT2D eigenvalue weighted by Crippen LogP contribution is -2.58. The lowest BCUT2D eigenvalue weighted by Gasteiger charge is -2.55. The quantitative estimate of drug-likeness (QED) is 0.244. The maximum Gasteiger partial charge on any atom is 0.257 e. The number of rotatable bonds is 5. The number of aromatic hydroxyl groups is 1. The van der Waals surface area contributed by atoms with E-state index in [2.05, 4.69) is 0 Å². The second-order valence-corrected chi connectivity index (χ2v) is 11.9. The van der Waals surface area contributed by atoms with Crippen molar-refractivity contribution in [2.45, 2.75) is 31.1 Å². The Labute approximate surface area is 254 Å². The van der Waals surface area contributed by atoms with Gasteiger partial charge in [-0.25, -0.2) is 0 Å². The van der Waals surface area contributed by atoms with Crippen LogP contribution in [-0.2, 0) is 24.6 Å². The van der Waals surface area contributed by atoms with Crippen LogP contribution in [0.4, 0.5) is 0 Å². The Morgan fingerprint density at radius 3 is 2.32 bits per heavy atom. The number of ketones is 2. The van der Waals surface area contributed by atoms with E-state index in [-0.39, 0.29) is 41.0 Å². The maximum absolute atomic E-state index is 14.9. The molecule has 3 aliphatic carbocycles. The van der Waals surface area contributed by atoms with Crippen LogP contribution in [0.1, 0.15) is 42.4 Å². The number of benzene rings is 3. The van der Waals surface area contributed by atoms with Gasteiger partial charge in [0.05, 0.1) is 23.9 Å². The molecule has 1 aliphatic heterocycles. The van der Waals surface area contributed by atoms with Crippen molar-refractivity contribution < 1.29 is 34.2 Å². The molecule has 6 unspecified atom stereocenters. The first-order valence-electron chi connectivity index (χ1n) is 14.9. The van der Waals surface area contributed by atoms with Crippen LogP contribution in [0, 0.1) is 23.7 Å². The molecule has 1 saturated heterocycles. The molecule has 0 bridgehead atoms. The van der Waals surface area contributed by atoms with Crippen molar-refractivity contribution in [2.75, 3.05) is 6.61 Å². The molecule has 2 N–H and O–H groups in total. The van der Waals surface area contributed by atoms with E-state index in [1.807, 2.05) is 54.6 Å². The fourth-order valence-electron chi connectivity index (χ4n) is 8.21. The first-order valence-corrected chi connectivity index (χ1v) is 14.9. The van der Waals surface area contributed by atoms with E-state index in [9.17, 15) is 29.5 Å². The molecule has 7 rings (SSSR count). The summed E-state index contributed by atoms with van der Waals surface area (Å²) in [5, 5.41) is 21.2. The number of amides is 2. The van der Waals surface area contributed by atoms with E-state index in [1.54, 1.807) is 31.2 Å². The molecular formula is C36H31NO7. The van der Waals surface area contributed by atoms with Gasteiger partial charge in [-0.1, -0.05) is 78.4 Å². The van der Waals surface area contributed by atoms with Gasteiger partial charge in [0.15, 0.2) is 23.1 Å². The number of allylic oxidation sites excluding steroid dienone is 4. The molecule has 0 aromatic heterocycles. The smallest absolute Gasteiger partial charge is 0.257 e. The fraction of sp³-hybridized carbons (Fsp3) is 0.278. The molecule has 3 aromatic carbocycles. The standard InChI is InChI=1S/C36H31NO7/c1-2-44-29-17-21(13-16-28(29)38)32-23-14-15-24-31(35(42)37(43)34(24)41)26(23)18-27-33(40)25(20-9-5-3-6-10-20)19-30(39)36(27,32)22-11-7-4-8-12-22/h3-14,16-17,19,24,26-27,31-32,38,43H,2,15,18H2,1H3. The van der Waals surface area contributed by atoms with Gasteiger partial charge >= 0.3 is 0 Å². The number of carbonyl (C=O) groups excluding carboxylic acids is 4. The number of ether oxygens (including phenoxy) is 1. The molecule has 44 heavy (non-hydrogen) atoms. The number of fused-ring (bicyclic) bond motifs is 4. The number of carbonyl (C=O) groups is 4. The summed E-state index contributed by atoms with van der Waals surface area (Å²) in [5.74, 6) is -5.40. The van der Waals surface area contributed by atoms with Gasteiger partial charge in [-0.05, 0) is 60.6 Å². The highest BCUT2D eigenvalue weighted by atomic mass is 16.5. The van der Waals surface area contributed by atoms with Crippen molar-refractivity contribution in [3.8, 4) is 11.5 Å². The van der Waals surface area contributed by atoms with E-state index in [1.165, 1.54) is 12.1 Å². The number of Topliss-reactive ketones (excluding diaryl/α,β-unsaturated/α-hetero) is 1. The summed E-state index contributed by atoms with van der Waals surface area (Å²) in [6.45, 7) is 2.10. The SMILES string of the molecule is CCOc1cc(C2C3=CCC4C(=O)N(O)C(=O)C4C3CC3C(=O)C(c4ccccc4)=CC(=O)C32c2ccccc2)ccc1O. The van der Waals surface area contributed by atoms with Gasteiger partial charge < -0.3 is 9.84 Å². The molecule has 3 aromatic rings. The van der Waals surface area contributed by atoms with Gasteiger partial charge in [-0.3, -0.25) is 24.4 Å². The molecule has 0 radical (unpaired) electrons. The van der Waals surface area contributed by atoms with Gasteiger partial charge in [0.25, 0.3) is 11.8 Å². The lowest BCUT2D eigenvalue weighted by molar-refractivity contribution is -0.173. The Kier molecular flexibility index (Phi) is 6.62. The zero-order valence-corrected chi connectivity index (χ0v) is 24.1. The molecule has 222 valence electrons. The Morgan fingerprint density at radius 2 is 1.61 bits per heavy atom. The van der Waals surface area contributed by atoms with E-state index >= 15 is 0 Å². The van der Waals surface area contributed by atoms with Crippen molar-refractivity contribution in [3.05, 3.63) is 113 Å². The molecule has 0 spiro atoms. The molecule has 2 amide bonds. The van der Waals surface area contributed by atoms with E-state index in [4.69, 9.17) is 4.74 Å². The Morgan fingerprint density at radius 1 is 0.909 bits per heavy atom. The fourth-order valence-corrected chi connectivity index (χ4v) is 8.21. The summed E-state index contributed by atoms with van der Waals surface area (Å²) in [7, 11) is 0. The van der Waals surface area contributed by atoms with Crippen molar-refractivity contribution >= 4 is 29.0 Å². The predicted octanol–water partition coefficient (Wildman–Crippen LogP) is 5.00. The van der Waals surface area contributed by atoms with E-state index < -0.39 is 46.8 Å². The third kappa shape index (κ3) is 3.87. The van der Waals surface area contributed by atoms with Gasteiger partial charge in [-0.2, -0.15) is 5.06 Å². The summed E-state index contributed by atoms with van der Waals surface area (Å²) in [4.78, 5) is 55.9. The third-order valence-corrected chi connectivity index (χ3v) is 9.97. The zero-order valence-electron chi connectivity index (χ0n) is 24.1. The van der Waals surface area contributed by atoms with Crippen molar-refractivity contribution in [2.24, 2.45) is 23.7 Å². The minimum absolute atomic E-state index is 0.0595. The number of hydrogen-bond donors (Lipinski definition) is 2. The highest BCUT2D eigenvalue weighted by Gasteiger charge is 2.66. The summed E-state index contributed by atoms with van der Waals surface area (Å²) in [6, 6.07) is 23.3. The second kappa shape index (κ2) is 10.4. The van der Waals surface area contributed by atoms with Crippen LogP contribution < -0.4 is 4.74 Å². The Bertz CT molecular complexity index is 1760. The average Bonchev–Trinajstić information content (AvgIpc) is 3.27. The van der Waals surface area contributed by atoms with Crippen LogP contribution in [0.5, 0.6) is 11.5 Å². The summed E-state index contributed by atoms with van der Waals surface area (Å²) < 4.78 is 5.74. The van der Waals surface area contributed by atoms with Gasteiger partial charge in [0.2, 0.25) is 0 Å². The van der Waals surface area contributed by atoms with E-state index in [0.717, 1.165) is 5.57 Å².